The van der Waals surface area contributed by atoms with E-state index in [1.807, 2.05) is 6.92 Å². The van der Waals surface area contributed by atoms with Gasteiger partial charge in [-0.05, 0) is 19.4 Å². The Labute approximate surface area is 78.9 Å². The first-order valence-corrected chi connectivity index (χ1v) is 4.86. The van der Waals surface area contributed by atoms with Crippen LogP contribution in [0.2, 0.25) is 0 Å². The van der Waals surface area contributed by atoms with E-state index in [9.17, 15) is 0 Å². The van der Waals surface area contributed by atoms with Gasteiger partial charge in [0, 0.05) is 24.4 Å². The van der Waals surface area contributed by atoms with Crippen molar-refractivity contribution in [2.75, 3.05) is 18.5 Å². The molecule has 0 spiro atoms. The Bertz CT molecular complexity index is 285. The highest BCUT2D eigenvalue weighted by Crippen LogP contribution is 2.31. The minimum Gasteiger partial charge on any atom is -0.385 e. The van der Waals surface area contributed by atoms with Crippen molar-refractivity contribution in [1.82, 2.24) is 0 Å². The zero-order chi connectivity index (χ0) is 9.10. The van der Waals surface area contributed by atoms with E-state index in [1.54, 1.807) is 0 Å². The van der Waals surface area contributed by atoms with Crippen molar-refractivity contribution in [3.05, 3.63) is 29.8 Å². The van der Waals surface area contributed by atoms with Gasteiger partial charge < -0.3 is 10.1 Å². The van der Waals surface area contributed by atoms with Crippen molar-refractivity contribution in [2.24, 2.45) is 0 Å². The second kappa shape index (κ2) is 3.79. The van der Waals surface area contributed by atoms with Crippen LogP contribution < -0.4 is 5.32 Å². The molecule has 2 heteroatoms. The number of ether oxygens (including phenoxy) is 1. The molecule has 1 N–H and O–H groups in total. The number of benzene rings is 1. The lowest BCUT2D eigenvalue weighted by molar-refractivity contribution is 0.0569. The number of rotatable bonds is 2. The summed E-state index contributed by atoms with van der Waals surface area (Å²) in [7, 11) is 0. The van der Waals surface area contributed by atoms with E-state index in [4.69, 9.17) is 4.74 Å². The van der Waals surface area contributed by atoms with Crippen molar-refractivity contribution >= 4 is 5.69 Å². The molecule has 0 aromatic heterocycles. The Hall–Kier alpha value is -1.02. The van der Waals surface area contributed by atoms with E-state index < -0.39 is 0 Å². The molecule has 0 fully saturated rings. The van der Waals surface area contributed by atoms with Crippen LogP contribution in [-0.2, 0) is 4.74 Å². The van der Waals surface area contributed by atoms with Gasteiger partial charge in [0.25, 0.3) is 0 Å². The summed E-state index contributed by atoms with van der Waals surface area (Å²) in [5, 5.41) is 3.37. The summed E-state index contributed by atoms with van der Waals surface area (Å²) in [6, 6.07) is 8.38. The van der Waals surface area contributed by atoms with Crippen molar-refractivity contribution in [3.8, 4) is 0 Å². The first-order valence-electron chi connectivity index (χ1n) is 4.86. The zero-order valence-corrected chi connectivity index (χ0v) is 7.92. The average molecular weight is 177 g/mol. The second-order valence-electron chi connectivity index (χ2n) is 3.25. The summed E-state index contributed by atoms with van der Waals surface area (Å²) in [6.45, 7) is 3.85. The van der Waals surface area contributed by atoms with Crippen LogP contribution in [0.3, 0.4) is 0 Å². The number of hydrogen-bond donors (Lipinski definition) is 1. The van der Waals surface area contributed by atoms with Crippen LogP contribution in [0.15, 0.2) is 24.3 Å². The molecular weight excluding hydrogens is 162 g/mol. The first-order chi connectivity index (χ1) is 6.42. The molecule has 1 aromatic rings. The highest BCUT2D eigenvalue weighted by Gasteiger charge is 2.18. The molecule has 70 valence electrons. The molecule has 1 aliphatic heterocycles. The summed E-state index contributed by atoms with van der Waals surface area (Å²) >= 11 is 0. The Balaban J connectivity index is 2.26. The number of anilines is 1. The van der Waals surface area contributed by atoms with Gasteiger partial charge in [-0.15, -0.1) is 0 Å². The fourth-order valence-electron chi connectivity index (χ4n) is 1.81. The molecule has 1 unspecified atom stereocenters. The van der Waals surface area contributed by atoms with Gasteiger partial charge >= 0.3 is 0 Å². The molecule has 1 atom stereocenters. The fraction of sp³-hybridized carbons (Fsp3) is 0.455. The summed E-state index contributed by atoms with van der Waals surface area (Å²) < 4.78 is 5.67. The molecule has 2 nitrogen and oxygen atoms in total. The quantitative estimate of drug-likeness (QED) is 0.749. The second-order valence-corrected chi connectivity index (χ2v) is 3.25. The maximum atomic E-state index is 5.67. The Morgan fingerprint density at radius 2 is 2.31 bits per heavy atom. The Morgan fingerprint density at radius 3 is 3.15 bits per heavy atom. The molecule has 13 heavy (non-hydrogen) atoms. The highest BCUT2D eigenvalue weighted by atomic mass is 16.5. The van der Waals surface area contributed by atoms with Gasteiger partial charge in [-0.1, -0.05) is 18.2 Å². The van der Waals surface area contributed by atoms with Crippen LogP contribution in [0.25, 0.3) is 0 Å². The van der Waals surface area contributed by atoms with E-state index in [1.165, 1.54) is 11.3 Å². The van der Waals surface area contributed by atoms with E-state index in [0.717, 1.165) is 19.6 Å². The highest BCUT2D eigenvalue weighted by molar-refractivity contribution is 5.53. The van der Waals surface area contributed by atoms with Crippen LogP contribution in [0.1, 0.15) is 25.0 Å². The Kier molecular flexibility index (Phi) is 2.50. The first kappa shape index (κ1) is 8.57. The van der Waals surface area contributed by atoms with Crippen molar-refractivity contribution in [1.29, 1.82) is 0 Å². The van der Waals surface area contributed by atoms with Crippen molar-refractivity contribution < 1.29 is 4.74 Å². The maximum Gasteiger partial charge on any atom is 0.0861 e. The van der Waals surface area contributed by atoms with Gasteiger partial charge in [-0.3, -0.25) is 0 Å². The molecule has 0 radical (unpaired) electrons. The van der Waals surface area contributed by atoms with Gasteiger partial charge in [0.1, 0.15) is 0 Å². The van der Waals surface area contributed by atoms with Crippen LogP contribution in [-0.4, -0.2) is 13.2 Å². The lowest BCUT2D eigenvalue weighted by Crippen LogP contribution is -2.18. The third kappa shape index (κ3) is 1.68. The fourth-order valence-corrected chi connectivity index (χ4v) is 1.81. The summed E-state index contributed by atoms with van der Waals surface area (Å²) in [4.78, 5) is 0. The molecule has 0 saturated carbocycles. The molecule has 1 aromatic carbocycles. The monoisotopic (exact) mass is 177 g/mol. The van der Waals surface area contributed by atoms with Crippen molar-refractivity contribution in [2.45, 2.75) is 19.4 Å². The van der Waals surface area contributed by atoms with Crippen LogP contribution in [0, 0.1) is 0 Å². The minimum absolute atomic E-state index is 0.294. The zero-order valence-electron chi connectivity index (χ0n) is 7.92. The number of fused-ring (bicyclic) bond motifs is 1. The van der Waals surface area contributed by atoms with Gasteiger partial charge in [-0.25, -0.2) is 0 Å². The number of para-hydroxylation sites is 1. The van der Waals surface area contributed by atoms with Crippen molar-refractivity contribution in [3.63, 3.8) is 0 Å². The lowest BCUT2D eigenvalue weighted by atomic mass is 10.0. The summed E-state index contributed by atoms with van der Waals surface area (Å²) in [5.41, 5.74) is 2.53. The Morgan fingerprint density at radius 1 is 1.46 bits per heavy atom. The molecule has 0 bridgehead atoms. The van der Waals surface area contributed by atoms with Gasteiger partial charge in [0.05, 0.1) is 6.10 Å². The predicted octanol–water partition coefficient (Wildman–Crippen LogP) is 2.58. The van der Waals surface area contributed by atoms with Crippen LogP contribution in [0.4, 0.5) is 5.69 Å². The third-order valence-corrected chi connectivity index (χ3v) is 2.40. The SMILES string of the molecule is CCOC1CCNc2ccccc21. The normalized spacial score (nSPS) is 20.5. The van der Waals surface area contributed by atoms with Gasteiger partial charge in [0.15, 0.2) is 0 Å². The van der Waals surface area contributed by atoms with E-state index in [0.29, 0.717) is 6.10 Å². The van der Waals surface area contributed by atoms with E-state index in [2.05, 4.69) is 29.6 Å². The molecule has 1 heterocycles. The lowest BCUT2D eigenvalue weighted by Gasteiger charge is -2.26. The smallest absolute Gasteiger partial charge is 0.0861 e. The predicted molar refractivity (Wildman–Crippen MR) is 53.9 cm³/mol. The van der Waals surface area contributed by atoms with Gasteiger partial charge in [-0.2, -0.15) is 0 Å². The standard InChI is InChI=1S/C11H15NO/c1-2-13-11-7-8-12-10-6-4-3-5-9(10)11/h3-6,11-12H,2,7-8H2,1H3. The molecule has 0 amide bonds. The number of hydrogen-bond acceptors (Lipinski definition) is 2. The maximum absolute atomic E-state index is 5.67. The van der Waals surface area contributed by atoms with E-state index in [-0.39, 0.29) is 0 Å². The third-order valence-electron chi connectivity index (χ3n) is 2.40. The van der Waals surface area contributed by atoms with Crippen LogP contribution >= 0.6 is 0 Å². The summed E-state index contributed by atoms with van der Waals surface area (Å²) in [5.74, 6) is 0. The topological polar surface area (TPSA) is 21.3 Å². The minimum atomic E-state index is 0.294. The largest absolute Gasteiger partial charge is 0.385 e. The van der Waals surface area contributed by atoms with Crippen LogP contribution in [0.5, 0.6) is 0 Å². The molecular formula is C11H15NO. The summed E-state index contributed by atoms with van der Waals surface area (Å²) in [6.07, 6.45) is 1.37. The molecule has 0 aliphatic carbocycles. The molecule has 2 rings (SSSR count). The average Bonchev–Trinajstić information content (AvgIpc) is 2.19. The molecule has 1 aliphatic rings. The molecule has 0 saturated heterocycles. The van der Waals surface area contributed by atoms with Gasteiger partial charge in [0.2, 0.25) is 0 Å². The van der Waals surface area contributed by atoms with E-state index >= 15 is 0 Å². The number of nitrogens with one attached hydrogen (secondary N) is 1.